The Morgan fingerprint density at radius 1 is 1.05 bits per heavy atom. The van der Waals surface area contributed by atoms with Gasteiger partial charge in [0, 0.05) is 28.9 Å². The SMILES string of the molecule is CCc1ccc(SCC(O)Cn2ccc3ccccc32)cc1. The minimum atomic E-state index is -0.355. The van der Waals surface area contributed by atoms with E-state index in [0.29, 0.717) is 12.3 Å². The van der Waals surface area contributed by atoms with Gasteiger partial charge in [-0.2, -0.15) is 0 Å². The van der Waals surface area contributed by atoms with Crippen molar-refractivity contribution in [3.8, 4) is 0 Å². The van der Waals surface area contributed by atoms with E-state index in [4.69, 9.17) is 0 Å². The van der Waals surface area contributed by atoms with E-state index in [1.54, 1.807) is 11.8 Å². The maximum absolute atomic E-state index is 10.3. The third-order valence-corrected chi connectivity index (χ3v) is 5.02. The number of aromatic nitrogens is 1. The Hall–Kier alpha value is -1.71. The number of para-hydroxylation sites is 1. The Morgan fingerprint density at radius 2 is 1.82 bits per heavy atom. The van der Waals surface area contributed by atoms with Gasteiger partial charge < -0.3 is 9.67 Å². The number of hydrogen-bond donors (Lipinski definition) is 1. The quantitative estimate of drug-likeness (QED) is 0.684. The van der Waals surface area contributed by atoms with Crippen LogP contribution in [0.1, 0.15) is 12.5 Å². The van der Waals surface area contributed by atoms with Gasteiger partial charge in [-0.15, -0.1) is 11.8 Å². The fourth-order valence-electron chi connectivity index (χ4n) is 2.59. The first-order valence-electron chi connectivity index (χ1n) is 7.70. The third kappa shape index (κ3) is 3.54. The molecular weight excluding hydrogens is 290 g/mol. The predicted molar refractivity (Wildman–Crippen MR) is 94.5 cm³/mol. The van der Waals surface area contributed by atoms with Crippen LogP contribution >= 0.6 is 11.8 Å². The Morgan fingerprint density at radius 3 is 2.59 bits per heavy atom. The zero-order chi connectivity index (χ0) is 15.4. The summed E-state index contributed by atoms with van der Waals surface area (Å²) in [6, 6.07) is 19.0. The van der Waals surface area contributed by atoms with Crippen LogP contribution in [0.15, 0.2) is 65.7 Å². The minimum Gasteiger partial charge on any atom is -0.390 e. The largest absolute Gasteiger partial charge is 0.390 e. The molecule has 3 aromatic rings. The molecule has 2 aromatic carbocycles. The maximum Gasteiger partial charge on any atom is 0.0812 e. The molecule has 1 atom stereocenters. The first-order chi connectivity index (χ1) is 10.8. The van der Waals surface area contributed by atoms with Gasteiger partial charge in [0.15, 0.2) is 0 Å². The minimum absolute atomic E-state index is 0.355. The molecule has 3 rings (SSSR count). The van der Waals surface area contributed by atoms with Crippen LogP contribution in [-0.2, 0) is 13.0 Å². The van der Waals surface area contributed by atoms with Gasteiger partial charge in [-0.25, -0.2) is 0 Å². The zero-order valence-electron chi connectivity index (χ0n) is 12.8. The summed E-state index contributed by atoms with van der Waals surface area (Å²) >= 11 is 1.71. The topological polar surface area (TPSA) is 25.2 Å². The lowest BCUT2D eigenvalue weighted by atomic mass is 10.2. The van der Waals surface area contributed by atoms with Gasteiger partial charge in [-0.3, -0.25) is 0 Å². The Balaban J connectivity index is 1.59. The lowest BCUT2D eigenvalue weighted by molar-refractivity contribution is 0.180. The second-order valence-electron chi connectivity index (χ2n) is 5.49. The van der Waals surface area contributed by atoms with Crippen LogP contribution in [0.3, 0.4) is 0 Å². The molecule has 1 N–H and O–H groups in total. The second kappa shape index (κ2) is 7.03. The van der Waals surface area contributed by atoms with Crippen molar-refractivity contribution in [1.82, 2.24) is 4.57 Å². The summed E-state index contributed by atoms with van der Waals surface area (Å²) in [5.74, 6) is 0.706. The van der Waals surface area contributed by atoms with Gasteiger partial charge in [0.2, 0.25) is 0 Å². The van der Waals surface area contributed by atoms with Gasteiger partial charge >= 0.3 is 0 Å². The normalized spacial score (nSPS) is 12.6. The van der Waals surface area contributed by atoms with E-state index in [1.807, 2.05) is 12.1 Å². The van der Waals surface area contributed by atoms with E-state index < -0.39 is 0 Å². The third-order valence-electron chi connectivity index (χ3n) is 3.86. The molecule has 0 fully saturated rings. The summed E-state index contributed by atoms with van der Waals surface area (Å²) in [5, 5.41) is 11.5. The predicted octanol–water partition coefficient (Wildman–Crippen LogP) is 4.36. The van der Waals surface area contributed by atoms with E-state index in [9.17, 15) is 5.11 Å². The summed E-state index contributed by atoms with van der Waals surface area (Å²) < 4.78 is 2.13. The zero-order valence-corrected chi connectivity index (χ0v) is 13.6. The van der Waals surface area contributed by atoms with E-state index in [1.165, 1.54) is 21.4 Å². The van der Waals surface area contributed by atoms with Crippen LogP contribution in [0.2, 0.25) is 0 Å². The molecule has 0 saturated carbocycles. The molecule has 0 saturated heterocycles. The molecule has 0 radical (unpaired) electrons. The summed E-state index contributed by atoms with van der Waals surface area (Å²) in [6.07, 6.45) is 2.76. The molecule has 1 unspecified atom stereocenters. The number of nitrogens with zero attached hydrogens (tertiary/aromatic N) is 1. The number of thioether (sulfide) groups is 1. The number of aryl methyl sites for hydroxylation is 1. The van der Waals surface area contributed by atoms with Crippen molar-refractivity contribution in [2.24, 2.45) is 0 Å². The molecule has 0 bridgehead atoms. The van der Waals surface area contributed by atoms with Crippen LogP contribution < -0.4 is 0 Å². The average Bonchev–Trinajstić information content (AvgIpc) is 2.97. The Kier molecular flexibility index (Phi) is 4.86. The molecule has 0 amide bonds. The van der Waals surface area contributed by atoms with E-state index in [2.05, 4.69) is 60.2 Å². The molecule has 1 aromatic heterocycles. The number of aliphatic hydroxyl groups is 1. The van der Waals surface area contributed by atoms with Gasteiger partial charge in [0.05, 0.1) is 6.10 Å². The molecule has 3 heteroatoms. The standard InChI is InChI=1S/C19H21NOS/c1-2-15-7-9-18(10-8-15)22-14-17(21)13-20-12-11-16-5-3-4-6-19(16)20/h3-12,17,21H,2,13-14H2,1H3. The van der Waals surface area contributed by atoms with Crippen LogP contribution in [0.4, 0.5) is 0 Å². The van der Waals surface area contributed by atoms with Gasteiger partial charge in [-0.1, -0.05) is 37.3 Å². The Labute approximate surface area is 135 Å². The van der Waals surface area contributed by atoms with E-state index in [0.717, 1.165) is 6.42 Å². The van der Waals surface area contributed by atoms with E-state index in [-0.39, 0.29) is 6.10 Å². The van der Waals surface area contributed by atoms with Crippen LogP contribution in [0.25, 0.3) is 10.9 Å². The molecule has 0 aliphatic carbocycles. The highest BCUT2D eigenvalue weighted by Crippen LogP contribution is 2.21. The summed E-state index contributed by atoms with van der Waals surface area (Å²) in [7, 11) is 0. The Bertz CT molecular complexity index is 733. The lowest BCUT2D eigenvalue weighted by Crippen LogP contribution is -2.17. The molecule has 2 nitrogen and oxygen atoms in total. The van der Waals surface area contributed by atoms with E-state index >= 15 is 0 Å². The van der Waals surface area contributed by atoms with Gasteiger partial charge in [0.1, 0.15) is 0 Å². The van der Waals surface area contributed by atoms with Crippen molar-refractivity contribution in [2.45, 2.75) is 30.9 Å². The average molecular weight is 311 g/mol. The van der Waals surface area contributed by atoms with Crippen molar-refractivity contribution >= 4 is 22.7 Å². The molecule has 0 aliphatic heterocycles. The maximum atomic E-state index is 10.3. The molecule has 0 aliphatic rings. The van der Waals surface area contributed by atoms with Crippen molar-refractivity contribution in [1.29, 1.82) is 0 Å². The summed E-state index contributed by atoms with van der Waals surface area (Å²) in [5.41, 5.74) is 2.53. The highest BCUT2D eigenvalue weighted by Gasteiger charge is 2.08. The number of hydrogen-bond acceptors (Lipinski definition) is 2. The van der Waals surface area contributed by atoms with Gasteiger partial charge in [-0.05, 0) is 41.6 Å². The smallest absolute Gasteiger partial charge is 0.0812 e. The molecule has 22 heavy (non-hydrogen) atoms. The molecular formula is C19H21NOS. The fourth-order valence-corrected chi connectivity index (χ4v) is 3.41. The van der Waals surface area contributed by atoms with Crippen molar-refractivity contribution in [3.05, 3.63) is 66.4 Å². The molecule has 0 spiro atoms. The number of aliphatic hydroxyl groups excluding tert-OH is 1. The molecule has 1 heterocycles. The molecule has 114 valence electrons. The highest BCUT2D eigenvalue weighted by molar-refractivity contribution is 7.99. The number of fused-ring (bicyclic) bond motifs is 1. The van der Waals surface area contributed by atoms with Gasteiger partial charge in [0.25, 0.3) is 0 Å². The van der Waals surface area contributed by atoms with Crippen molar-refractivity contribution in [3.63, 3.8) is 0 Å². The van der Waals surface area contributed by atoms with Crippen LogP contribution in [0.5, 0.6) is 0 Å². The highest BCUT2D eigenvalue weighted by atomic mass is 32.2. The first kappa shape index (κ1) is 15.2. The summed E-state index contributed by atoms with van der Waals surface area (Å²) in [4.78, 5) is 1.22. The van der Waals surface area contributed by atoms with Crippen LogP contribution in [0, 0.1) is 0 Å². The first-order valence-corrected chi connectivity index (χ1v) is 8.68. The lowest BCUT2D eigenvalue weighted by Gasteiger charge is -2.12. The number of rotatable bonds is 6. The summed E-state index contributed by atoms with van der Waals surface area (Å²) in [6.45, 7) is 2.79. The second-order valence-corrected chi connectivity index (χ2v) is 6.58. The fraction of sp³-hybridized carbons (Fsp3) is 0.263. The number of benzene rings is 2. The monoisotopic (exact) mass is 311 g/mol. The van der Waals surface area contributed by atoms with Crippen LogP contribution in [-0.4, -0.2) is 21.5 Å². The van der Waals surface area contributed by atoms with Crippen molar-refractivity contribution < 1.29 is 5.11 Å². The van der Waals surface area contributed by atoms with Crippen molar-refractivity contribution in [2.75, 3.05) is 5.75 Å².